The van der Waals surface area contributed by atoms with Crippen molar-refractivity contribution in [3.8, 4) is 23.0 Å². The molecule has 2 N–H and O–H groups in total. The van der Waals surface area contributed by atoms with Crippen molar-refractivity contribution >= 4 is 0 Å². The Balaban J connectivity index is 1.56. The summed E-state index contributed by atoms with van der Waals surface area (Å²) >= 11 is 0. The lowest BCUT2D eigenvalue weighted by atomic mass is 9.69. The van der Waals surface area contributed by atoms with Crippen LogP contribution in [0.5, 0.6) is 23.0 Å². The molecule has 27 heavy (non-hydrogen) atoms. The van der Waals surface area contributed by atoms with Gasteiger partial charge in [0.2, 0.25) is 13.6 Å². The summed E-state index contributed by atoms with van der Waals surface area (Å²) in [5, 5.41) is 21.9. The maximum absolute atomic E-state index is 11.1. The standard InChI is InChI=1S/C20H19NO6/c1-21-6-12-9(2-3-13-20(12)27-8-24-13)16-17(21)10-4-14-15(26-7-25-14)5-11(10)18(22)19(16)23/h2-5,16-19,22-23H,6-8H2,1H3/t16-,17-,18-,19-/m1/s1. The van der Waals surface area contributed by atoms with Gasteiger partial charge < -0.3 is 29.2 Å². The van der Waals surface area contributed by atoms with Gasteiger partial charge in [-0.05, 0) is 41.9 Å². The molecule has 0 unspecified atom stereocenters. The van der Waals surface area contributed by atoms with E-state index in [2.05, 4.69) is 4.90 Å². The van der Waals surface area contributed by atoms with E-state index < -0.39 is 12.2 Å². The Labute approximate surface area is 155 Å². The summed E-state index contributed by atoms with van der Waals surface area (Å²) in [6.07, 6.45) is -1.94. The SMILES string of the molecule is CN1Cc2c(ccc3c2OCO3)[C@H]2[C@@H](O)[C@H](O)c3cc4c(cc3[C@H]21)OCO4. The van der Waals surface area contributed by atoms with Crippen LogP contribution in [0, 0.1) is 0 Å². The lowest BCUT2D eigenvalue weighted by molar-refractivity contribution is -0.0381. The minimum absolute atomic E-state index is 0.0826. The Morgan fingerprint density at radius 1 is 0.889 bits per heavy atom. The zero-order valence-electron chi connectivity index (χ0n) is 14.7. The first kappa shape index (κ1) is 15.6. The van der Waals surface area contributed by atoms with Crippen molar-refractivity contribution in [1.82, 2.24) is 4.90 Å². The van der Waals surface area contributed by atoms with E-state index in [1.807, 2.05) is 25.2 Å². The second-order valence-corrected chi connectivity index (χ2v) is 7.52. The van der Waals surface area contributed by atoms with E-state index in [0.717, 1.165) is 28.2 Å². The molecule has 0 saturated carbocycles. The number of nitrogens with zero attached hydrogens (tertiary/aromatic N) is 1. The normalized spacial score (nSPS) is 29.9. The molecule has 0 amide bonds. The van der Waals surface area contributed by atoms with E-state index >= 15 is 0 Å². The highest BCUT2D eigenvalue weighted by Crippen LogP contribution is 2.56. The number of ether oxygens (including phenoxy) is 4. The highest BCUT2D eigenvalue weighted by atomic mass is 16.7. The molecule has 6 rings (SSSR count). The van der Waals surface area contributed by atoms with Crippen molar-refractivity contribution in [2.24, 2.45) is 0 Å². The van der Waals surface area contributed by atoms with Crippen LogP contribution in [0.2, 0.25) is 0 Å². The Bertz CT molecular complexity index is 960. The molecule has 4 atom stereocenters. The van der Waals surface area contributed by atoms with Crippen LogP contribution in [0.4, 0.5) is 0 Å². The highest BCUT2D eigenvalue weighted by molar-refractivity contribution is 5.58. The van der Waals surface area contributed by atoms with Crippen LogP contribution < -0.4 is 18.9 Å². The molecule has 0 bridgehead atoms. The quantitative estimate of drug-likeness (QED) is 0.733. The van der Waals surface area contributed by atoms with Crippen LogP contribution >= 0.6 is 0 Å². The zero-order chi connectivity index (χ0) is 18.3. The van der Waals surface area contributed by atoms with Crippen LogP contribution in [-0.4, -0.2) is 41.9 Å². The Morgan fingerprint density at radius 3 is 2.41 bits per heavy atom. The molecule has 4 aliphatic rings. The Kier molecular flexibility index (Phi) is 3.05. The van der Waals surface area contributed by atoms with E-state index in [0.29, 0.717) is 23.6 Å². The van der Waals surface area contributed by atoms with Gasteiger partial charge in [-0.1, -0.05) is 6.07 Å². The summed E-state index contributed by atoms with van der Waals surface area (Å²) in [7, 11) is 2.02. The summed E-state index contributed by atoms with van der Waals surface area (Å²) in [5.41, 5.74) is 3.68. The number of fused-ring (bicyclic) bond motifs is 8. The van der Waals surface area contributed by atoms with E-state index in [-0.39, 0.29) is 25.5 Å². The average Bonchev–Trinajstić information content (AvgIpc) is 3.32. The molecule has 1 aliphatic carbocycles. The van der Waals surface area contributed by atoms with Crippen molar-refractivity contribution in [2.75, 3.05) is 20.6 Å². The molecule has 3 heterocycles. The van der Waals surface area contributed by atoms with Gasteiger partial charge in [0.05, 0.1) is 6.10 Å². The predicted molar refractivity (Wildman–Crippen MR) is 93.0 cm³/mol. The zero-order valence-corrected chi connectivity index (χ0v) is 14.7. The van der Waals surface area contributed by atoms with E-state index in [9.17, 15) is 10.2 Å². The largest absolute Gasteiger partial charge is 0.454 e. The number of likely N-dealkylation sites (N-methyl/N-ethyl adjacent to an activating group) is 1. The summed E-state index contributed by atoms with van der Waals surface area (Å²) in [5.74, 6) is 2.49. The minimum Gasteiger partial charge on any atom is -0.454 e. The number of benzene rings is 2. The van der Waals surface area contributed by atoms with Crippen LogP contribution in [0.25, 0.3) is 0 Å². The van der Waals surface area contributed by atoms with Crippen LogP contribution in [0.1, 0.15) is 40.3 Å². The summed E-state index contributed by atoms with van der Waals surface area (Å²) < 4.78 is 22.2. The van der Waals surface area contributed by atoms with Gasteiger partial charge in [0.15, 0.2) is 23.0 Å². The number of hydrogen-bond donors (Lipinski definition) is 2. The molecule has 2 aromatic rings. The lowest BCUT2D eigenvalue weighted by Crippen LogP contribution is -2.45. The second-order valence-electron chi connectivity index (χ2n) is 7.52. The first-order valence-electron chi connectivity index (χ1n) is 9.04. The molecule has 140 valence electrons. The monoisotopic (exact) mass is 369 g/mol. The number of aliphatic hydroxyl groups excluding tert-OH is 2. The summed E-state index contributed by atoms with van der Waals surface area (Å²) in [4.78, 5) is 2.19. The third-order valence-corrected chi connectivity index (χ3v) is 6.17. The van der Waals surface area contributed by atoms with E-state index in [4.69, 9.17) is 18.9 Å². The third-order valence-electron chi connectivity index (χ3n) is 6.17. The van der Waals surface area contributed by atoms with Gasteiger partial charge in [-0.2, -0.15) is 0 Å². The third kappa shape index (κ3) is 1.96. The van der Waals surface area contributed by atoms with Crippen molar-refractivity contribution < 1.29 is 29.2 Å². The second kappa shape index (κ2) is 5.28. The summed E-state index contributed by atoms with van der Waals surface area (Å²) in [6, 6.07) is 7.53. The number of rotatable bonds is 0. The fourth-order valence-corrected chi connectivity index (χ4v) is 4.98. The molecule has 7 heteroatoms. The van der Waals surface area contributed by atoms with Crippen molar-refractivity contribution in [3.05, 3.63) is 46.5 Å². The Hall–Kier alpha value is -2.48. The van der Waals surface area contributed by atoms with Gasteiger partial charge in [-0.15, -0.1) is 0 Å². The average molecular weight is 369 g/mol. The summed E-state index contributed by atoms with van der Waals surface area (Å²) in [6.45, 7) is 1.05. The van der Waals surface area contributed by atoms with Gasteiger partial charge in [-0.3, -0.25) is 4.90 Å². The van der Waals surface area contributed by atoms with Crippen LogP contribution in [-0.2, 0) is 6.54 Å². The molecular formula is C20H19NO6. The number of hydrogen-bond acceptors (Lipinski definition) is 7. The fourth-order valence-electron chi connectivity index (χ4n) is 4.98. The van der Waals surface area contributed by atoms with Crippen LogP contribution in [0.3, 0.4) is 0 Å². The molecule has 0 spiro atoms. The Morgan fingerprint density at radius 2 is 1.59 bits per heavy atom. The van der Waals surface area contributed by atoms with Gasteiger partial charge in [0, 0.05) is 24.1 Å². The first-order valence-corrected chi connectivity index (χ1v) is 9.04. The molecule has 3 aliphatic heterocycles. The first-order chi connectivity index (χ1) is 13.1. The van der Waals surface area contributed by atoms with Crippen molar-refractivity contribution in [2.45, 2.75) is 30.7 Å². The van der Waals surface area contributed by atoms with E-state index in [1.165, 1.54) is 0 Å². The molecule has 0 saturated heterocycles. The van der Waals surface area contributed by atoms with Crippen LogP contribution in [0.15, 0.2) is 24.3 Å². The molecular weight excluding hydrogens is 350 g/mol. The van der Waals surface area contributed by atoms with Gasteiger partial charge in [0.25, 0.3) is 0 Å². The molecule has 0 fully saturated rings. The number of aliphatic hydroxyl groups is 2. The molecule has 0 radical (unpaired) electrons. The van der Waals surface area contributed by atoms with Gasteiger partial charge in [0.1, 0.15) is 6.10 Å². The van der Waals surface area contributed by atoms with Gasteiger partial charge >= 0.3 is 0 Å². The highest BCUT2D eigenvalue weighted by Gasteiger charge is 2.48. The maximum Gasteiger partial charge on any atom is 0.231 e. The van der Waals surface area contributed by atoms with E-state index in [1.54, 1.807) is 6.07 Å². The fraction of sp³-hybridized carbons (Fsp3) is 0.400. The minimum atomic E-state index is -1.000. The predicted octanol–water partition coefficient (Wildman–Crippen LogP) is 1.82. The van der Waals surface area contributed by atoms with Crippen molar-refractivity contribution in [3.63, 3.8) is 0 Å². The molecule has 0 aromatic heterocycles. The topological polar surface area (TPSA) is 80.6 Å². The molecule has 7 nitrogen and oxygen atoms in total. The maximum atomic E-state index is 11.1. The molecule has 2 aromatic carbocycles. The van der Waals surface area contributed by atoms with Gasteiger partial charge in [-0.25, -0.2) is 0 Å². The lowest BCUT2D eigenvalue weighted by Gasteiger charge is -2.48. The van der Waals surface area contributed by atoms with Crippen molar-refractivity contribution in [1.29, 1.82) is 0 Å². The smallest absolute Gasteiger partial charge is 0.231 e.